The van der Waals surface area contributed by atoms with E-state index in [9.17, 15) is 13.2 Å². The number of piperazine rings is 1. The van der Waals surface area contributed by atoms with Gasteiger partial charge < -0.3 is 14.4 Å². The molecule has 26 heavy (non-hydrogen) atoms. The second kappa shape index (κ2) is 7.84. The molecule has 1 aromatic carbocycles. The summed E-state index contributed by atoms with van der Waals surface area (Å²) in [6, 6.07) is 6.68. The van der Waals surface area contributed by atoms with Gasteiger partial charge in [-0.2, -0.15) is 4.31 Å². The van der Waals surface area contributed by atoms with Crippen LogP contribution in [0.3, 0.4) is 0 Å². The first-order valence-electron chi connectivity index (χ1n) is 8.62. The second-order valence-electron chi connectivity index (χ2n) is 7.49. The summed E-state index contributed by atoms with van der Waals surface area (Å²) in [5.41, 5.74) is 0.130. The lowest BCUT2D eigenvalue weighted by Crippen LogP contribution is -2.56. The highest BCUT2D eigenvalue weighted by Crippen LogP contribution is 2.21. The third-order valence-corrected chi connectivity index (χ3v) is 6.04. The first-order chi connectivity index (χ1) is 12.0. The van der Waals surface area contributed by atoms with E-state index in [4.69, 9.17) is 9.47 Å². The molecule has 0 saturated carbocycles. The number of carbonyl (C=O) groups excluding carboxylic acids is 1. The van der Waals surface area contributed by atoms with Gasteiger partial charge >= 0.3 is 6.09 Å². The molecule has 0 bridgehead atoms. The van der Waals surface area contributed by atoms with Crippen LogP contribution in [0.25, 0.3) is 0 Å². The Bertz CT molecular complexity index is 725. The molecule has 1 atom stereocenters. The molecule has 2 rings (SSSR count). The van der Waals surface area contributed by atoms with Crippen LogP contribution in [0.5, 0.6) is 5.75 Å². The van der Waals surface area contributed by atoms with Gasteiger partial charge in [-0.1, -0.05) is 12.1 Å². The Hall–Kier alpha value is -1.80. The fourth-order valence-corrected chi connectivity index (χ4v) is 4.62. The number of rotatable bonds is 4. The minimum Gasteiger partial charge on any atom is -0.497 e. The standard InChI is InChI=1S/C18H28N2O5S/c1-14-12-19(17(21)25-18(2,3)4)10-11-20(14)26(22,23)13-15-6-8-16(24-5)9-7-15/h6-9,14H,10-13H2,1-5H3/t14-/m0/s1. The fourth-order valence-electron chi connectivity index (χ4n) is 2.86. The molecule has 146 valence electrons. The number of benzene rings is 1. The zero-order chi connectivity index (χ0) is 19.5. The van der Waals surface area contributed by atoms with Gasteiger partial charge in [0.2, 0.25) is 10.0 Å². The van der Waals surface area contributed by atoms with Crippen LogP contribution >= 0.6 is 0 Å². The topological polar surface area (TPSA) is 76.2 Å². The van der Waals surface area contributed by atoms with Gasteiger partial charge in [0.25, 0.3) is 0 Å². The molecule has 0 spiro atoms. The number of amides is 1. The van der Waals surface area contributed by atoms with Crippen molar-refractivity contribution in [3.05, 3.63) is 29.8 Å². The third-order valence-electron chi connectivity index (χ3n) is 4.08. The Balaban J connectivity index is 2.01. The smallest absolute Gasteiger partial charge is 0.410 e. The van der Waals surface area contributed by atoms with Crippen molar-refractivity contribution in [2.24, 2.45) is 0 Å². The monoisotopic (exact) mass is 384 g/mol. The Morgan fingerprint density at radius 3 is 2.31 bits per heavy atom. The molecule has 7 nitrogen and oxygen atoms in total. The summed E-state index contributed by atoms with van der Waals surface area (Å²) in [6.07, 6.45) is -0.406. The van der Waals surface area contributed by atoms with E-state index in [1.807, 2.05) is 27.7 Å². The van der Waals surface area contributed by atoms with Gasteiger partial charge in [0, 0.05) is 25.7 Å². The highest BCUT2D eigenvalue weighted by Gasteiger charge is 2.35. The van der Waals surface area contributed by atoms with Gasteiger partial charge in [0.1, 0.15) is 11.4 Å². The third kappa shape index (κ3) is 5.35. The van der Waals surface area contributed by atoms with Crippen molar-refractivity contribution >= 4 is 16.1 Å². The van der Waals surface area contributed by atoms with Gasteiger partial charge in [0.05, 0.1) is 12.9 Å². The number of carbonyl (C=O) groups is 1. The average Bonchev–Trinajstić information content (AvgIpc) is 2.53. The molecule has 0 aliphatic carbocycles. The first kappa shape index (κ1) is 20.5. The van der Waals surface area contributed by atoms with E-state index in [0.717, 1.165) is 0 Å². The summed E-state index contributed by atoms with van der Waals surface area (Å²) < 4.78 is 37.5. The predicted octanol–water partition coefficient (Wildman–Crippen LogP) is 2.47. The molecule has 0 N–H and O–H groups in total. The van der Waals surface area contributed by atoms with Crippen LogP contribution in [0.15, 0.2) is 24.3 Å². The van der Waals surface area contributed by atoms with Gasteiger partial charge in [-0.15, -0.1) is 0 Å². The molecule has 1 heterocycles. The van der Waals surface area contributed by atoms with Gasteiger partial charge in [-0.3, -0.25) is 0 Å². The van der Waals surface area contributed by atoms with Gasteiger partial charge in [-0.05, 0) is 45.4 Å². The van der Waals surface area contributed by atoms with Crippen molar-refractivity contribution < 1.29 is 22.7 Å². The molecule has 0 unspecified atom stereocenters. The van der Waals surface area contributed by atoms with Crippen LogP contribution < -0.4 is 4.74 Å². The van der Waals surface area contributed by atoms with E-state index in [1.54, 1.807) is 36.3 Å². The van der Waals surface area contributed by atoms with Crippen molar-refractivity contribution in [3.8, 4) is 5.75 Å². The highest BCUT2D eigenvalue weighted by atomic mass is 32.2. The molecule has 0 aromatic heterocycles. The van der Waals surface area contributed by atoms with E-state index in [-0.39, 0.29) is 18.3 Å². The van der Waals surface area contributed by atoms with E-state index >= 15 is 0 Å². The van der Waals surface area contributed by atoms with Crippen molar-refractivity contribution in [2.45, 2.75) is 45.1 Å². The van der Waals surface area contributed by atoms with Crippen molar-refractivity contribution in [1.82, 2.24) is 9.21 Å². The predicted molar refractivity (Wildman–Crippen MR) is 99.6 cm³/mol. The summed E-state index contributed by atoms with van der Waals surface area (Å²) in [4.78, 5) is 13.8. The lowest BCUT2D eigenvalue weighted by atomic mass is 10.2. The minimum absolute atomic E-state index is 0.0756. The summed E-state index contributed by atoms with van der Waals surface area (Å²) in [5.74, 6) is 0.610. The maximum Gasteiger partial charge on any atom is 0.410 e. The highest BCUT2D eigenvalue weighted by molar-refractivity contribution is 7.88. The van der Waals surface area contributed by atoms with Gasteiger partial charge in [0.15, 0.2) is 0 Å². The number of hydrogen-bond donors (Lipinski definition) is 0. The van der Waals surface area contributed by atoms with Crippen LogP contribution in [0, 0.1) is 0 Å². The summed E-state index contributed by atoms with van der Waals surface area (Å²) in [7, 11) is -1.91. The molecule has 1 amide bonds. The van der Waals surface area contributed by atoms with Crippen LogP contribution in [-0.2, 0) is 20.5 Å². The molecular weight excluding hydrogens is 356 g/mol. The number of methoxy groups -OCH3 is 1. The van der Waals surface area contributed by atoms with Crippen molar-refractivity contribution in [3.63, 3.8) is 0 Å². The Morgan fingerprint density at radius 1 is 1.19 bits per heavy atom. The van der Waals surface area contributed by atoms with Crippen molar-refractivity contribution in [1.29, 1.82) is 0 Å². The maximum absolute atomic E-state index is 12.8. The fraction of sp³-hybridized carbons (Fsp3) is 0.611. The quantitative estimate of drug-likeness (QED) is 0.797. The minimum atomic E-state index is -3.48. The molecule has 0 radical (unpaired) electrons. The number of hydrogen-bond acceptors (Lipinski definition) is 5. The summed E-state index contributed by atoms with van der Waals surface area (Å²) >= 11 is 0. The van der Waals surface area contributed by atoms with E-state index in [1.165, 1.54) is 4.31 Å². The first-order valence-corrected chi connectivity index (χ1v) is 10.2. The normalized spacial score (nSPS) is 19.3. The van der Waals surface area contributed by atoms with Crippen LogP contribution in [0.4, 0.5) is 4.79 Å². The number of nitrogens with zero attached hydrogens (tertiary/aromatic N) is 2. The summed E-state index contributed by atoms with van der Waals surface area (Å²) in [6.45, 7) is 8.14. The second-order valence-corrected chi connectivity index (χ2v) is 9.41. The Morgan fingerprint density at radius 2 is 1.81 bits per heavy atom. The molecule has 8 heteroatoms. The molecule has 1 aliphatic rings. The van der Waals surface area contributed by atoms with Gasteiger partial charge in [-0.25, -0.2) is 13.2 Å². The SMILES string of the molecule is COc1ccc(CS(=O)(=O)N2CCN(C(=O)OC(C)(C)C)C[C@@H]2C)cc1. The lowest BCUT2D eigenvalue weighted by molar-refractivity contribution is 0.0143. The van der Waals surface area contributed by atoms with E-state index < -0.39 is 21.7 Å². The zero-order valence-electron chi connectivity index (χ0n) is 16.1. The maximum atomic E-state index is 12.8. The molecule has 1 aromatic rings. The van der Waals surface area contributed by atoms with Crippen LogP contribution in [-0.4, -0.2) is 62.1 Å². The van der Waals surface area contributed by atoms with Crippen LogP contribution in [0.1, 0.15) is 33.3 Å². The van der Waals surface area contributed by atoms with E-state index in [2.05, 4.69) is 0 Å². The largest absolute Gasteiger partial charge is 0.497 e. The summed E-state index contributed by atoms with van der Waals surface area (Å²) in [5, 5.41) is 0. The number of ether oxygens (including phenoxy) is 2. The molecular formula is C18H28N2O5S. The molecule has 1 saturated heterocycles. The Labute approximate surface area is 155 Å². The molecule has 1 aliphatic heterocycles. The molecule has 1 fully saturated rings. The number of sulfonamides is 1. The van der Waals surface area contributed by atoms with E-state index in [0.29, 0.717) is 24.4 Å². The lowest BCUT2D eigenvalue weighted by Gasteiger charge is -2.39. The van der Waals surface area contributed by atoms with Crippen molar-refractivity contribution in [2.75, 3.05) is 26.7 Å². The average molecular weight is 384 g/mol. The Kier molecular flexibility index (Phi) is 6.18. The van der Waals surface area contributed by atoms with Crippen LogP contribution in [0.2, 0.25) is 0 Å². The zero-order valence-corrected chi connectivity index (χ0v) is 16.9.